The number of fused-ring (bicyclic) bond motifs is 1. The van der Waals surface area contributed by atoms with Crippen LogP contribution in [0.4, 0.5) is 5.82 Å². The minimum atomic E-state index is -0.457. The zero-order valence-electron chi connectivity index (χ0n) is 20.7. The van der Waals surface area contributed by atoms with Gasteiger partial charge in [-0.1, -0.05) is 65.7 Å². The number of β-amino-alcohol motifs (C(OH)–C–C–N with tert-alkyl or cyclic N) is 1. The molecule has 0 amide bonds. The van der Waals surface area contributed by atoms with Crippen molar-refractivity contribution in [2.45, 2.75) is 45.6 Å². The molecule has 8 heteroatoms. The van der Waals surface area contributed by atoms with Crippen molar-refractivity contribution in [3.63, 3.8) is 0 Å². The number of rotatable bonds is 8. The quantitative estimate of drug-likeness (QED) is 0.356. The summed E-state index contributed by atoms with van der Waals surface area (Å²) in [5.41, 5.74) is 7.09. The van der Waals surface area contributed by atoms with E-state index < -0.39 is 6.10 Å². The summed E-state index contributed by atoms with van der Waals surface area (Å²) in [5.74, 6) is 1.54. The van der Waals surface area contributed by atoms with E-state index in [0.717, 1.165) is 59.8 Å². The van der Waals surface area contributed by atoms with Gasteiger partial charge in [-0.25, -0.2) is 15.1 Å². The molecule has 1 aliphatic heterocycles. The number of H-pyrrole nitrogens is 1. The lowest BCUT2D eigenvalue weighted by Crippen LogP contribution is -2.40. The lowest BCUT2D eigenvalue weighted by molar-refractivity contribution is 0.173. The van der Waals surface area contributed by atoms with Gasteiger partial charge < -0.3 is 10.0 Å². The Kier molecular flexibility index (Phi) is 7.13. The fourth-order valence-electron chi connectivity index (χ4n) is 4.50. The van der Waals surface area contributed by atoms with E-state index >= 15 is 0 Å². The molecule has 1 aliphatic rings. The van der Waals surface area contributed by atoms with Crippen LogP contribution in [-0.4, -0.2) is 54.9 Å². The topological polar surface area (TPSA) is 104 Å². The van der Waals surface area contributed by atoms with Gasteiger partial charge in [0, 0.05) is 30.6 Å². The van der Waals surface area contributed by atoms with Gasteiger partial charge in [0.1, 0.15) is 0 Å². The first-order valence-corrected chi connectivity index (χ1v) is 12.4. The fourth-order valence-corrected chi connectivity index (χ4v) is 4.50. The normalized spacial score (nSPS) is 15.4. The van der Waals surface area contributed by atoms with Gasteiger partial charge in [0.25, 0.3) is 0 Å². The number of aliphatic hydroxyl groups excluding tert-OH is 1. The van der Waals surface area contributed by atoms with E-state index in [4.69, 9.17) is 9.97 Å². The Morgan fingerprint density at radius 3 is 2.25 bits per heavy atom. The average Bonchev–Trinajstić information content (AvgIpc) is 3.40. The standard InChI is InChI=1S/C28H31N7O/c1-19-8-12-21(13-9-19)26-27(22-14-10-20(2)11-15-22)30-28-24(29-26)17-23(36)18-35(28)16-6-4-3-5-7-25-31-33-34-32-25/h5,7-15,23,36H,3-4,6,16-18H2,1-2H3,(H,31,32,33,34)/b7-5+. The molecular weight excluding hydrogens is 450 g/mol. The number of benzene rings is 2. The molecule has 3 heterocycles. The number of aromatic nitrogens is 6. The molecule has 1 unspecified atom stereocenters. The van der Waals surface area contributed by atoms with Crippen LogP contribution in [0.2, 0.25) is 0 Å². The Hall–Kier alpha value is -3.91. The van der Waals surface area contributed by atoms with Crippen molar-refractivity contribution in [1.29, 1.82) is 0 Å². The summed E-state index contributed by atoms with van der Waals surface area (Å²) < 4.78 is 0. The predicted molar refractivity (Wildman–Crippen MR) is 141 cm³/mol. The number of allylic oxidation sites excluding steroid dienone is 1. The summed E-state index contributed by atoms with van der Waals surface area (Å²) in [6.07, 6.45) is 6.94. The number of hydrogen-bond donors (Lipinski definition) is 2. The second-order valence-corrected chi connectivity index (χ2v) is 9.41. The Morgan fingerprint density at radius 2 is 1.61 bits per heavy atom. The van der Waals surface area contributed by atoms with Gasteiger partial charge >= 0.3 is 0 Å². The number of aromatic amines is 1. The second kappa shape index (κ2) is 10.8. The molecule has 0 aliphatic carbocycles. The van der Waals surface area contributed by atoms with Crippen LogP contribution >= 0.6 is 0 Å². The molecule has 36 heavy (non-hydrogen) atoms. The Labute approximate surface area is 211 Å². The van der Waals surface area contributed by atoms with Gasteiger partial charge in [0.15, 0.2) is 11.6 Å². The lowest BCUT2D eigenvalue weighted by Gasteiger charge is -2.33. The number of tetrazole rings is 1. The third-order valence-electron chi connectivity index (χ3n) is 6.44. The molecule has 1 atom stereocenters. The summed E-state index contributed by atoms with van der Waals surface area (Å²) in [6, 6.07) is 16.8. The average molecular weight is 482 g/mol. The highest BCUT2D eigenvalue weighted by molar-refractivity contribution is 5.80. The molecular formula is C28H31N7O. The van der Waals surface area contributed by atoms with Crippen LogP contribution in [0, 0.1) is 13.8 Å². The Morgan fingerprint density at radius 1 is 0.944 bits per heavy atom. The molecule has 2 aromatic carbocycles. The summed E-state index contributed by atoms with van der Waals surface area (Å²) in [7, 11) is 0. The van der Waals surface area contributed by atoms with Crippen molar-refractivity contribution in [2.75, 3.05) is 18.0 Å². The van der Waals surface area contributed by atoms with Gasteiger partial charge in [0.05, 0.1) is 23.2 Å². The molecule has 0 radical (unpaired) electrons. The molecule has 2 aromatic heterocycles. The van der Waals surface area contributed by atoms with Crippen molar-refractivity contribution in [3.8, 4) is 22.5 Å². The van der Waals surface area contributed by atoms with E-state index in [1.807, 2.05) is 6.08 Å². The fraction of sp³-hybridized carbons (Fsp3) is 0.321. The number of hydrogen-bond acceptors (Lipinski definition) is 7. The van der Waals surface area contributed by atoms with Crippen LogP contribution in [0.3, 0.4) is 0 Å². The number of anilines is 1. The maximum Gasteiger partial charge on any atom is 0.171 e. The maximum atomic E-state index is 10.6. The largest absolute Gasteiger partial charge is 0.391 e. The highest BCUT2D eigenvalue weighted by Gasteiger charge is 2.28. The highest BCUT2D eigenvalue weighted by atomic mass is 16.3. The summed E-state index contributed by atoms with van der Waals surface area (Å²) in [5, 5.41) is 24.4. The first-order valence-electron chi connectivity index (χ1n) is 12.4. The first kappa shape index (κ1) is 23.8. The molecule has 2 N–H and O–H groups in total. The lowest BCUT2D eigenvalue weighted by atomic mass is 10.00. The van der Waals surface area contributed by atoms with Crippen molar-refractivity contribution in [3.05, 3.63) is 77.3 Å². The van der Waals surface area contributed by atoms with Gasteiger partial charge in [0.2, 0.25) is 0 Å². The number of unbranched alkanes of at least 4 members (excludes halogenated alkanes) is 2. The van der Waals surface area contributed by atoms with Crippen LogP contribution in [0.5, 0.6) is 0 Å². The number of aliphatic hydroxyl groups is 1. The minimum Gasteiger partial charge on any atom is -0.391 e. The third-order valence-corrected chi connectivity index (χ3v) is 6.44. The van der Waals surface area contributed by atoms with E-state index in [0.29, 0.717) is 18.8 Å². The van der Waals surface area contributed by atoms with Gasteiger partial charge in [-0.3, -0.25) is 0 Å². The summed E-state index contributed by atoms with van der Waals surface area (Å²) >= 11 is 0. The van der Waals surface area contributed by atoms with E-state index in [1.54, 1.807) is 0 Å². The molecule has 0 bridgehead atoms. The number of aryl methyl sites for hydroxylation is 2. The van der Waals surface area contributed by atoms with Crippen LogP contribution in [-0.2, 0) is 6.42 Å². The van der Waals surface area contributed by atoms with E-state index in [-0.39, 0.29) is 0 Å². The molecule has 0 saturated carbocycles. The third kappa shape index (κ3) is 5.49. The van der Waals surface area contributed by atoms with E-state index in [2.05, 4.69) is 94.0 Å². The molecule has 184 valence electrons. The minimum absolute atomic E-state index is 0.457. The van der Waals surface area contributed by atoms with Crippen LogP contribution in [0.15, 0.2) is 54.6 Å². The Bertz CT molecular complexity index is 1320. The SMILES string of the molecule is Cc1ccc(-c2nc3c(nc2-c2ccc(C)cc2)N(CCCC/C=C/c2nnn[nH]2)CC(O)C3)cc1. The van der Waals surface area contributed by atoms with Crippen molar-refractivity contribution < 1.29 is 5.11 Å². The molecule has 0 fully saturated rings. The van der Waals surface area contributed by atoms with E-state index in [1.165, 1.54) is 11.1 Å². The number of nitrogens with zero attached hydrogens (tertiary/aromatic N) is 6. The smallest absolute Gasteiger partial charge is 0.171 e. The summed E-state index contributed by atoms with van der Waals surface area (Å²) in [6.45, 7) is 5.55. The van der Waals surface area contributed by atoms with Crippen molar-refractivity contribution in [2.24, 2.45) is 0 Å². The maximum absolute atomic E-state index is 10.6. The zero-order valence-corrected chi connectivity index (χ0v) is 20.7. The molecule has 0 spiro atoms. The molecule has 4 aromatic rings. The van der Waals surface area contributed by atoms with Crippen LogP contribution < -0.4 is 4.90 Å². The monoisotopic (exact) mass is 481 g/mol. The van der Waals surface area contributed by atoms with Gasteiger partial charge in [-0.2, -0.15) is 0 Å². The molecule has 5 rings (SSSR count). The van der Waals surface area contributed by atoms with Gasteiger partial charge in [-0.05, 0) is 49.6 Å². The Balaban J connectivity index is 1.41. The predicted octanol–water partition coefficient (Wildman–Crippen LogP) is 4.55. The van der Waals surface area contributed by atoms with Crippen molar-refractivity contribution >= 4 is 11.9 Å². The van der Waals surface area contributed by atoms with Crippen LogP contribution in [0.1, 0.15) is 41.9 Å². The molecule has 0 saturated heterocycles. The van der Waals surface area contributed by atoms with Crippen LogP contribution in [0.25, 0.3) is 28.6 Å². The second-order valence-electron chi connectivity index (χ2n) is 9.41. The first-order chi connectivity index (χ1) is 17.6. The summed E-state index contributed by atoms with van der Waals surface area (Å²) in [4.78, 5) is 12.5. The van der Waals surface area contributed by atoms with Gasteiger partial charge in [-0.15, -0.1) is 5.10 Å². The molecule has 8 nitrogen and oxygen atoms in total. The van der Waals surface area contributed by atoms with Crippen molar-refractivity contribution in [1.82, 2.24) is 30.6 Å². The number of nitrogens with one attached hydrogen (secondary N) is 1. The zero-order chi connectivity index (χ0) is 24.9. The van der Waals surface area contributed by atoms with E-state index in [9.17, 15) is 5.11 Å². The highest BCUT2D eigenvalue weighted by Crippen LogP contribution is 2.35.